The van der Waals surface area contributed by atoms with Crippen LogP contribution in [-0.4, -0.2) is 11.9 Å². The van der Waals surface area contributed by atoms with Crippen LogP contribution in [-0.2, 0) is 0 Å². The Kier molecular flexibility index (Phi) is 6.21. The van der Waals surface area contributed by atoms with E-state index in [0.29, 0.717) is 0 Å². The predicted octanol–water partition coefficient (Wildman–Crippen LogP) is 6.56. The molecule has 2 aromatic rings. The summed E-state index contributed by atoms with van der Waals surface area (Å²) in [6.45, 7) is 0.773. The highest BCUT2D eigenvalue weighted by Gasteiger charge is 2.12. The second-order valence-corrected chi connectivity index (χ2v) is 8.49. The van der Waals surface area contributed by atoms with Crippen LogP contribution in [0, 0.1) is 0 Å². The lowest BCUT2D eigenvalue weighted by Crippen LogP contribution is -1.95. The van der Waals surface area contributed by atoms with Gasteiger partial charge in [-0.2, -0.15) is 0 Å². The molecule has 1 nitrogen and oxygen atoms in total. The van der Waals surface area contributed by atoms with Crippen molar-refractivity contribution in [2.45, 2.75) is 12.8 Å². The zero-order valence-electron chi connectivity index (χ0n) is 9.42. The number of unbranched alkanes of at least 4 members (excludes halogenated alkanes) is 1. The summed E-state index contributed by atoms with van der Waals surface area (Å²) in [6, 6.07) is 4.25. The number of ether oxygens (including phenoxy) is 1. The molecule has 98 valence electrons. The third-order valence-electron chi connectivity index (χ3n) is 2.30. The average molecular weight is 475 g/mol. The van der Waals surface area contributed by atoms with Gasteiger partial charge in [-0.05, 0) is 62.2 Å². The van der Waals surface area contributed by atoms with Gasteiger partial charge in [0.2, 0.25) is 0 Å². The first kappa shape index (κ1) is 15.0. The molecule has 2 aromatic heterocycles. The summed E-state index contributed by atoms with van der Waals surface area (Å²) in [5.41, 5.74) is 1.24. The van der Waals surface area contributed by atoms with Crippen LogP contribution in [0.25, 0.3) is 10.4 Å². The fourth-order valence-corrected chi connectivity index (χ4v) is 5.00. The third-order valence-corrected chi connectivity index (χ3v) is 6.48. The van der Waals surface area contributed by atoms with Crippen LogP contribution in [0.2, 0.25) is 0 Å². The van der Waals surface area contributed by atoms with E-state index >= 15 is 0 Å². The van der Waals surface area contributed by atoms with E-state index < -0.39 is 0 Å². The van der Waals surface area contributed by atoms with Crippen LogP contribution >= 0.6 is 70.5 Å². The molecule has 0 bridgehead atoms. The molecule has 0 amide bonds. The Labute approximate surface area is 140 Å². The van der Waals surface area contributed by atoms with Gasteiger partial charge in [0.15, 0.2) is 5.06 Å². The number of hydrogen-bond acceptors (Lipinski definition) is 3. The van der Waals surface area contributed by atoms with Gasteiger partial charge in [0.05, 0.1) is 14.9 Å². The van der Waals surface area contributed by atoms with E-state index in [4.69, 9.17) is 4.74 Å². The first-order chi connectivity index (χ1) is 8.72. The summed E-state index contributed by atoms with van der Waals surface area (Å²) in [5, 5.41) is 4.09. The maximum absolute atomic E-state index is 5.80. The molecule has 0 radical (unpaired) electrons. The Morgan fingerprint density at radius 3 is 2.72 bits per heavy atom. The van der Waals surface area contributed by atoms with Crippen LogP contribution in [0.1, 0.15) is 12.8 Å². The van der Waals surface area contributed by atoms with Gasteiger partial charge in [0, 0.05) is 15.8 Å². The fourth-order valence-electron chi connectivity index (χ4n) is 1.41. The Morgan fingerprint density at radius 1 is 1.22 bits per heavy atom. The Hall–Kier alpha value is 0.640. The zero-order valence-corrected chi connectivity index (χ0v) is 15.8. The van der Waals surface area contributed by atoms with Crippen molar-refractivity contribution in [1.29, 1.82) is 0 Å². The van der Waals surface area contributed by atoms with Gasteiger partial charge >= 0.3 is 0 Å². The summed E-state index contributed by atoms with van der Waals surface area (Å²) < 4.78 is 8.01. The van der Waals surface area contributed by atoms with Gasteiger partial charge < -0.3 is 4.74 Å². The maximum atomic E-state index is 5.80. The van der Waals surface area contributed by atoms with Gasteiger partial charge in [-0.1, -0.05) is 27.3 Å². The van der Waals surface area contributed by atoms with E-state index in [0.717, 1.165) is 34.3 Å². The van der Waals surface area contributed by atoms with Crippen molar-refractivity contribution in [3.8, 4) is 15.5 Å². The molecule has 0 aliphatic rings. The summed E-state index contributed by atoms with van der Waals surface area (Å²) in [6.07, 6.45) is 2.22. The van der Waals surface area contributed by atoms with E-state index in [9.17, 15) is 0 Å². The molecule has 0 saturated heterocycles. The SMILES string of the molecule is BrCCCCOc1sc(-c2ccsc2Br)cc1Br. The highest BCUT2D eigenvalue weighted by atomic mass is 79.9. The van der Waals surface area contributed by atoms with E-state index in [1.54, 1.807) is 22.7 Å². The molecular weight excluding hydrogens is 464 g/mol. The highest BCUT2D eigenvalue weighted by molar-refractivity contribution is 9.11. The molecular formula is C12H11Br3OS2. The quantitative estimate of drug-likeness (QED) is 0.340. The molecule has 0 aliphatic carbocycles. The number of thiophene rings is 2. The van der Waals surface area contributed by atoms with Crippen LogP contribution < -0.4 is 4.74 Å². The zero-order chi connectivity index (χ0) is 13.0. The minimum Gasteiger partial charge on any atom is -0.483 e. The number of rotatable bonds is 6. The number of halogens is 3. The van der Waals surface area contributed by atoms with Crippen LogP contribution in [0.3, 0.4) is 0 Å². The Bertz CT molecular complexity index is 507. The van der Waals surface area contributed by atoms with Gasteiger partial charge in [-0.15, -0.1) is 11.3 Å². The Balaban J connectivity index is 2.05. The molecule has 0 fully saturated rings. The van der Waals surface area contributed by atoms with Crippen molar-refractivity contribution in [3.05, 3.63) is 25.8 Å². The van der Waals surface area contributed by atoms with Crippen molar-refractivity contribution >= 4 is 70.5 Å². The van der Waals surface area contributed by atoms with Crippen molar-refractivity contribution < 1.29 is 4.74 Å². The lowest BCUT2D eigenvalue weighted by atomic mass is 10.3. The minimum absolute atomic E-state index is 0.773. The summed E-state index contributed by atoms with van der Waals surface area (Å²) in [4.78, 5) is 1.23. The van der Waals surface area contributed by atoms with Gasteiger partial charge in [0.25, 0.3) is 0 Å². The molecule has 0 spiro atoms. The highest BCUT2D eigenvalue weighted by Crippen LogP contribution is 2.44. The molecule has 0 unspecified atom stereocenters. The number of alkyl halides is 1. The standard InChI is InChI=1S/C12H11Br3OS2/c13-4-1-2-5-16-12-9(14)7-10(18-12)8-3-6-17-11(8)15/h3,6-7H,1-2,4-5H2. The first-order valence-corrected chi connectivity index (χ1v) is 9.84. The monoisotopic (exact) mass is 472 g/mol. The van der Waals surface area contributed by atoms with Crippen molar-refractivity contribution in [2.75, 3.05) is 11.9 Å². The topological polar surface area (TPSA) is 9.23 Å². The van der Waals surface area contributed by atoms with E-state index in [1.165, 1.54) is 14.2 Å². The van der Waals surface area contributed by atoms with Crippen LogP contribution in [0.15, 0.2) is 25.8 Å². The van der Waals surface area contributed by atoms with Gasteiger partial charge in [-0.25, -0.2) is 0 Å². The third kappa shape index (κ3) is 3.82. The second-order valence-electron chi connectivity index (χ2n) is 3.60. The van der Waals surface area contributed by atoms with Crippen molar-refractivity contribution in [3.63, 3.8) is 0 Å². The summed E-state index contributed by atoms with van der Waals surface area (Å²) in [5.74, 6) is 0. The van der Waals surface area contributed by atoms with Crippen LogP contribution in [0.5, 0.6) is 5.06 Å². The van der Waals surface area contributed by atoms with E-state index in [-0.39, 0.29) is 0 Å². The smallest absolute Gasteiger partial charge is 0.188 e. The van der Waals surface area contributed by atoms with E-state index in [1.807, 2.05) is 0 Å². The summed E-state index contributed by atoms with van der Waals surface area (Å²) >= 11 is 13.9. The average Bonchev–Trinajstić information content (AvgIpc) is 2.91. The molecule has 0 saturated carbocycles. The molecule has 0 aliphatic heterocycles. The van der Waals surface area contributed by atoms with Crippen molar-refractivity contribution in [2.24, 2.45) is 0 Å². The largest absolute Gasteiger partial charge is 0.483 e. The molecule has 0 aromatic carbocycles. The van der Waals surface area contributed by atoms with Crippen molar-refractivity contribution in [1.82, 2.24) is 0 Å². The maximum Gasteiger partial charge on any atom is 0.188 e. The lowest BCUT2D eigenvalue weighted by molar-refractivity contribution is 0.317. The van der Waals surface area contributed by atoms with Gasteiger partial charge in [0.1, 0.15) is 0 Å². The normalized spacial score (nSPS) is 10.8. The summed E-state index contributed by atoms with van der Waals surface area (Å²) in [7, 11) is 0. The fraction of sp³-hybridized carbons (Fsp3) is 0.333. The minimum atomic E-state index is 0.773. The second kappa shape index (κ2) is 7.43. The predicted molar refractivity (Wildman–Crippen MR) is 91.6 cm³/mol. The first-order valence-electron chi connectivity index (χ1n) is 5.44. The van der Waals surface area contributed by atoms with Crippen LogP contribution in [0.4, 0.5) is 0 Å². The Morgan fingerprint density at radius 2 is 2.06 bits per heavy atom. The molecule has 2 heterocycles. The number of hydrogen-bond donors (Lipinski definition) is 0. The molecule has 0 N–H and O–H groups in total. The lowest BCUT2D eigenvalue weighted by Gasteiger charge is -2.02. The van der Waals surface area contributed by atoms with Gasteiger partial charge in [-0.3, -0.25) is 0 Å². The molecule has 2 rings (SSSR count). The van der Waals surface area contributed by atoms with E-state index in [2.05, 4.69) is 65.3 Å². The molecule has 0 atom stereocenters. The molecule has 6 heteroatoms. The molecule has 18 heavy (non-hydrogen) atoms.